The Kier molecular flexibility index (Phi) is 5.85. The molecule has 3 N–H and O–H groups in total. The highest BCUT2D eigenvalue weighted by Gasteiger charge is 2.34. The van der Waals surface area contributed by atoms with Crippen LogP contribution in [0.3, 0.4) is 0 Å². The molecule has 1 aliphatic rings. The van der Waals surface area contributed by atoms with Gasteiger partial charge in [0.25, 0.3) is 0 Å². The van der Waals surface area contributed by atoms with Gasteiger partial charge < -0.3 is 15.5 Å². The van der Waals surface area contributed by atoms with Crippen molar-refractivity contribution in [2.24, 2.45) is 0 Å². The second kappa shape index (κ2) is 8.33. The van der Waals surface area contributed by atoms with Gasteiger partial charge in [-0.1, -0.05) is 18.2 Å². The molecule has 0 amide bonds. The summed E-state index contributed by atoms with van der Waals surface area (Å²) in [7, 11) is 0. The summed E-state index contributed by atoms with van der Waals surface area (Å²) >= 11 is 0. The lowest BCUT2D eigenvalue weighted by atomic mass is 9.78. The van der Waals surface area contributed by atoms with Crippen LogP contribution in [0.25, 0.3) is 10.9 Å². The minimum absolute atomic E-state index is 0.396. The molecule has 2 aromatic carbocycles. The predicted octanol–water partition coefficient (Wildman–Crippen LogP) is 5.25. The van der Waals surface area contributed by atoms with Crippen LogP contribution in [-0.2, 0) is 11.8 Å². The van der Waals surface area contributed by atoms with Gasteiger partial charge in [-0.2, -0.15) is 13.2 Å². The van der Waals surface area contributed by atoms with Crippen LogP contribution in [0.1, 0.15) is 61.2 Å². The Morgan fingerprint density at radius 3 is 2.50 bits per heavy atom. The van der Waals surface area contributed by atoms with Crippen LogP contribution in [0.4, 0.5) is 19.0 Å². The molecule has 32 heavy (non-hydrogen) atoms. The van der Waals surface area contributed by atoms with E-state index in [0.717, 1.165) is 17.7 Å². The lowest BCUT2D eigenvalue weighted by molar-refractivity contribution is -0.137. The average Bonchev–Trinajstić information content (AvgIpc) is 2.75. The number of halogens is 3. The van der Waals surface area contributed by atoms with Gasteiger partial charge in [0.2, 0.25) is 0 Å². The van der Waals surface area contributed by atoms with E-state index in [1.165, 1.54) is 6.07 Å². The molecule has 3 aromatic rings. The number of aryl methyl sites for hydroxylation is 1. The maximum Gasteiger partial charge on any atom is 0.416 e. The number of aliphatic hydroxyl groups is 2. The van der Waals surface area contributed by atoms with E-state index in [9.17, 15) is 23.4 Å². The molecule has 0 unspecified atom stereocenters. The molecule has 1 saturated carbocycles. The normalized spacial score (nSPS) is 22.7. The maximum absolute atomic E-state index is 13.1. The van der Waals surface area contributed by atoms with Crippen molar-refractivity contribution < 1.29 is 23.4 Å². The van der Waals surface area contributed by atoms with Crippen LogP contribution >= 0.6 is 0 Å². The lowest BCUT2D eigenvalue weighted by Gasteiger charge is -2.35. The van der Waals surface area contributed by atoms with Gasteiger partial charge in [0.1, 0.15) is 11.6 Å². The third-order valence-corrected chi connectivity index (χ3v) is 6.19. The fourth-order valence-corrected chi connectivity index (χ4v) is 4.29. The van der Waals surface area contributed by atoms with E-state index in [0.29, 0.717) is 53.8 Å². The van der Waals surface area contributed by atoms with Crippen molar-refractivity contribution >= 4 is 16.7 Å². The number of alkyl halides is 3. The summed E-state index contributed by atoms with van der Waals surface area (Å²) in [6.45, 7) is 3.53. The number of nitrogens with zero attached hydrogens (tertiary/aromatic N) is 2. The van der Waals surface area contributed by atoms with Gasteiger partial charge in [-0.3, -0.25) is 0 Å². The van der Waals surface area contributed by atoms with Gasteiger partial charge >= 0.3 is 6.18 Å². The van der Waals surface area contributed by atoms with Gasteiger partial charge in [-0.25, -0.2) is 9.97 Å². The minimum Gasteiger partial charge on any atom is -0.393 e. The van der Waals surface area contributed by atoms with Crippen molar-refractivity contribution in [2.75, 3.05) is 5.32 Å². The highest BCUT2D eigenvalue weighted by atomic mass is 19.4. The van der Waals surface area contributed by atoms with Crippen LogP contribution in [0.2, 0.25) is 0 Å². The Morgan fingerprint density at radius 1 is 1.09 bits per heavy atom. The van der Waals surface area contributed by atoms with Gasteiger partial charge in [0.15, 0.2) is 0 Å². The monoisotopic (exact) mass is 445 g/mol. The van der Waals surface area contributed by atoms with Crippen LogP contribution in [-0.4, -0.2) is 26.3 Å². The minimum atomic E-state index is -4.41. The number of hydrogen-bond acceptors (Lipinski definition) is 5. The first-order valence-corrected chi connectivity index (χ1v) is 10.7. The predicted molar refractivity (Wildman–Crippen MR) is 116 cm³/mol. The zero-order chi connectivity index (χ0) is 23.1. The third kappa shape index (κ3) is 4.56. The smallest absolute Gasteiger partial charge is 0.393 e. The maximum atomic E-state index is 13.1. The molecule has 1 atom stereocenters. The Morgan fingerprint density at radius 2 is 1.81 bits per heavy atom. The van der Waals surface area contributed by atoms with E-state index in [1.54, 1.807) is 19.9 Å². The highest BCUT2D eigenvalue weighted by Crippen LogP contribution is 2.39. The van der Waals surface area contributed by atoms with Gasteiger partial charge in [-0.05, 0) is 74.9 Å². The number of aliphatic hydroxyl groups excluding tert-OH is 1. The number of hydrogen-bond donors (Lipinski definition) is 3. The van der Waals surface area contributed by atoms with E-state index in [2.05, 4.69) is 15.3 Å². The molecule has 1 fully saturated rings. The SMILES string of the molecule is Cc1nc(N[C@H](C)c2cccc(C(F)(F)F)c2)c2cc([C@]3(O)CC[C@@H](O)CC3)ccc2n1. The average molecular weight is 445 g/mol. The molecule has 0 saturated heterocycles. The summed E-state index contributed by atoms with van der Waals surface area (Å²) in [5, 5.41) is 24.9. The molecule has 0 radical (unpaired) electrons. The Bertz CT molecular complexity index is 1130. The number of fused-ring (bicyclic) bond motifs is 1. The lowest BCUT2D eigenvalue weighted by Crippen LogP contribution is -2.33. The standard InChI is InChI=1S/C24H26F3N3O2/c1-14(16-4-3-5-18(12-16)24(25,26)27)28-22-20-13-17(6-7-21(20)29-15(2)30-22)23(32)10-8-19(31)9-11-23/h3-7,12-14,19,31-32H,8-11H2,1-2H3,(H,28,29,30)/t14-,19-,23+/m1/s1. The molecule has 0 bridgehead atoms. The summed E-state index contributed by atoms with van der Waals surface area (Å²) in [4.78, 5) is 8.96. The molecule has 0 aliphatic heterocycles. The van der Waals surface area contributed by atoms with Crippen molar-refractivity contribution in [3.8, 4) is 0 Å². The van der Waals surface area contributed by atoms with Crippen molar-refractivity contribution in [2.45, 2.75) is 63.5 Å². The molecule has 8 heteroatoms. The number of benzene rings is 2. The van der Waals surface area contributed by atoms with E-state index in [-0.39, 0.29) is 0 Å². The zero-order valence-corrected chi connectivity index (χ0v) is 17.9. The first kappa shape index (κ1) is 22.5. The summed E-state index contributed by atoms with van der Waals surface area (Å²) in [5.41, 5.74) is 0.151. The molecule has 170 valence electrons. The largest absolute Gasteiger partial charge is 0.416 e. The van der Waals surface area contributed by atoms with Gasteiger partial charge in [0.05, 0.1) is 22.8 Å². The molecular formula is C24H26F3N3O2. The van der Waals surface area contributed by atoms with E-state index < -0.39 is 29.5 Å². The van der Waals surface area contributed by atoms with Gasteiger partial charge in [-0.15, -0.1) is 0 Å². The van der Waals surface area contributed by atoms with Crippen LogP contribution in [0.15, 0.2) is 42.5 Å². The topological polar surface area (TPSA) is 78.3 Å². The molecule has 1 aromatic heterocycles. The van der Waals surface area contributed by atoms with E-state index in [1.807, 2.05) is 18.2 Å². The fraction of sp³-hybridized carbons (Fsp3) is 0.417. The summed E-state index contributed by atoms with van der Waals surface area (Å²) in [5.74, 6) is 1.03. The zero-order valence-electron chi connectivity index (χ0n) is 17.9. The summed E-state index contributed by atoms with van der Waals surface area (Å²) < 4.78 is 39.4. The Hall–Kier alpha value is -2.71. The molecule has 5 nitrogen and oxygen atoms in total. The number of aromatic nitrogens is 2. The Balaban J connectivity index is 1.69. The summed E-state index contributed by atoms with van der Waals surface area (Å²) in [6.07, 6.45) is -2.85. The molecular weight excluding hydrogens is 419 g/mol. The Labute approximate surface area is 184 Å². The molecule has 4 rings (SSSR count). The summed E-state index contributed by atoms with van der Waals surface area (Å²) in [6, 6.07) is 10.3. The van der Waals surface area contributed by atoms with Crippen LogP contribution in [0, 0.1) is 6.92 Å². The van der Waals surface area contributed by atoms with Crippen LogP contribution in [0.5, 0.6) is 0 Å². The highest BCUT2D eigenvalue weighted by molar-refractivity contribution is 5.90. The number of rotatable bonds is 4. The van der Waals surface area contributed by atoms with E-state index >= 15 is 0 Å². The molecule has 1 aliphatic carbocycles. The van der Waals surface area contributed by atoms with Crippen molar-refractivity contribution in [1.29, 1.82) is 0 Å². The quantitative estimate of drug-likeness (QED) is 0.511. The van der Waals surface area contributed by atoms with Crippen molar-refractivity contribution in [3.63, 3.8) is 0 Å². The van der Waals surface area contributed by atoms with Crippen molar-refractivity contribution in [3.05, 3.63) is 65.0 Å². The molecule has 0 spiro atoms. The van der Waals surface area contributed by atoms with E-state index in [4.69, 9.17) is 0 Å². The number of anilines is 1. The van der Waals surface area contributed by atoms with Crippen LogP contribution < -0.4 is 5.32 Å². The molecule has 1 heterocycles. The second-order valence-corrected chi connectivity index (χ2v) is 8.60. The first-order valence-electron chi connectivity index (χ1n) is 10.7. The van der Waals surface area contributed by atoms with Crippen molar-refractivity contribution in [1.82, 2.24) is 9.97 Å². The first-order chi connectivity index (χ1) is 15.0. The number of nitrogens with one attached hydrogen (secondary N) is 1. The third-order valence-electron chi connectivity index (χ3n) is 6.19. The fourth-order valence-electron chi connectivity index (χ4n) is 4.29. The second-order valence-electron chi connectivity index (χ2n) is 8.60. The van der Waals surface area contributed by atoms with Gasteiger partial charge in [0, 0.05) is 11.4 Å².